The van der Waals surface area contributed by atoms with Crippen LogP contribution in [0.3, 0.4) is 0 Å². The summed E-state index contributed by atoms with van der Waals surface area (Å²) in [6.45, 7) is 4.42. The fraction of sp³-hybridized carbons (Fsp3) is 0.500. The number of rotatable bonds is 9. The third kappa shape index (κ3) is 7.06. The van der Waals surface area contributed by atoms with E-state index in [1.54, 1.807) is 22.9 Å². The van der Waals surface area contributed by atoms with Gasteiger partial charge in [0.15, 0.2) is 17.6 Å². The van der Waals surface area contributed by atoms with E-state index in [1.165, 1.54) is 7.11 Å². The number of aliphatic hydroxyl groups excluding tert-OH is 2. The number of methoxy groups -OCH3 is 1. The summed E-state index contributed by atoms with van der Waals surface area (Å²) in [5.74, 6) is 1.93. The summed E-state index contributed by atoms with van der Waals surface area (Å²) < 4.78 is 24.4. The van der Waals surface area contributed by atoms with Crippen LogP contribution >= 0.6 is 21.6 Å². The third-order valence-electron chi connectivity index (χ3n) is 10.7. The number of ether oxygens (including phenoxy) is 4. The number of benzene rings is 3. The average Bonchev–Trinajstić information content (AvgIpc) is 3.12. The third-order valence-corrected chi connectivity index (χ3v) is 13.5. The Morgan fingerprint density at radius 2 is 1.80 bits per heavy atom. The summed E-state index contributed by atoms with van der Waals surface area (Å²) in [4.78, 5) is 0. The molecule has 11 heteroatoms. The number of fused-ring (bicyclic) bond motifs is 6. The average molecular weight is 737 g/mol. The van der Waals surface area contributed by atoms with Crippen LogP contribution in [-0.4, -0.2) is 69.6 Å². The first-order chi connectivity index (χ1) is 24.7. The molecule has 0 saturated carbocycles. The molecule has 4 bridgehead atoms. The Hall–Kier alpha value is -3.38. The van der Waals surface area contributed by atoms with Crippen LogP contribution in [0.25, 0.3) is 11.1 Å². The van der Waals surface area contributed by atoms with Crippen molar-refractivity contribution in [1.82, 2.24) is 0 Å². The minimum absolute atomic E-state index is 0.0765. The molecule has 9 nitrogen and oxygen atoms in total. The molecule has 0 fully saturated rings. The van der Waals surface area contributed by atoms with Gasteiger partial charge in [-0.25, -0.2) is 0 Å². The molecule has 4 aliphatic rings. The number of aliphatic hydroxyl groups is 2. The predicted octanol–water partition coefficient (Wildman–Crippen LogP) is 8.00. The largest absolute Gasteiger partial charge is 0.508 e. The monoisotopic (exact) mass is 736 g/mol. The van der Waals surface area contributed by atoms with Gasteiger partial charge in [-0.2, -0.15) is 0 Å². The highest BCUT2D eigenvalue weighted by atomic mass is 33.1. The molecule has 5 N–H and O–H groups in total. The fourth-order valence-electron chi connectivity index (χ4n) is 8.16. The van der Waals surface area contributed by atoms with Gasteiger partial charge in [-0.1, -0.05) is 53.7 Å². The van der Waals surface area contributed by atoms with Crippen molar-refractivity contribution in [3.63, 3.8) is 0 Å². The van der Waals surface area contributed by atoms with Crippen molar-refractivity contribution >= 4 is 21.6 Å². The lowest BCUT2D eigenvalue weighted by molar-refractivity contribution is 0.00290. The molecule has 2 aliphatic heterocycles. The van der Waals surface area contributed by atoms with Crippen LogP contribution in [0.1, 0.15) is 86.1 Å². The zero-order valence-corrected chi connectivity index (χ0v) is 31.0. The number of hydrogen-bond donors (Lipinski definition) is 5. The molecule has 3 aromatic rings. The normalized spacial score (nSPS) is 25.1. The number of hydrogen-bond acceptors (Lipinski definition) is 11. The van der Waals surface area contributed by atoms with E-state index in [-0.39, 0.29) is 53.4 Å². The standard InChI is InChI=1S/C40H48O9S2/c1-21(2)11-13-47-33-18-29(36(43)40(46-3)38(33)45)39-37(44)30-20-50-51-25-6-4-5-22(15-25)7-8-23-16-28-34(26-10-9-24(42)17-27(23)26)31(48-14-12-41)19-32(49-39)35(28)30/h4,6,9-10,17-19,21-23,25,30,37,39,41-45H,5,7-8,11-16,20H2,1-3H3. The second kappa shape index (κ2) is 15.3. The molecule has 274 valence electrons. The van der Waals surface area contributed by atoms with Crippen molar-refractivity contribution in [2.75, 3.05) is 32.7 Å². The van der Waals surface area contributed by atoms with E-state index in [0.717, 1.165) is 59.9 Å². The summed E-state index contributed by atoms with van der Waals surface area (Å²) in [6, 6.07) is 8.92. The number of phenolic OH excluding ortho intramolecular Hbond substituents is 3. The molecule has 7 rings (SSSR count). The van der Waals surface area contributed by atoms with Crippen molar-refractivity contribution in [3.8, 4) is 51.4 Å². The number of phenols is 3. The molecule has 6 unspecified atom stereocenters. The quantitative estimate of drug-likeness (QED) is 0.108. The van der Waals surface area contributed by atoms with E-state index in [9.17, 15) is 25.5 Å². The van der Waals surface area contributed by atoms with Crippen LogP contribution < -0.4 is 18.9 Å². The second-order valence-electron chi connectivity index (χ2n) is 14.5. The summed E-state index contributed by atoms with van der Waals surface area (Å²) >= 11 is 0. The lowest BCUT2D eigenvalue weighted by Crippen LogP contribution is -2.37. The zero-order valence-electron chi connectivity index (χ0n) is 29.3. The Bertz CT molecular complexity index is 1780. The fourth-order valence-corrected chi connectivity index (χ4v) is 11.1. The first-order valence-electron chi connectivity index (χ1n) is 18.0. The van der Waals surface area contributed by atoms with Crippen molar-refractivity contribution < 1.29 is 44.5 Å². The molecule has 0 saturated heterocycles. The first kappa shape index (κ1) is 36.0. The van der Waals surface area contributed by atoms with Gasteiger partial charge in [-0.15, -0.1) is 0 Å². The molecule has 3 aromatic carbocycles. The van der Waals surface area contributed by atoms with Gasteiger partial charge in [-0.05, 0) is 91.2 Å². The van der Waals surface area contributed by atoms with Gasteiger partial charge < -0.3 is 44.5 Å². The Morgan fingerprint density at radius 1 is 0.980 bits per heavy atom. The lowest BCUT2D eigenvalue weighted by Gasteiger charge is -2.41. The van der Waals surface area contributed by atoms with E-state index < -0.39 is 18.1 Å². The SMILES string of the molecule is COc1c(O)c(OCCC(C)C)cc(C2Oc3cc(OCCO)c4c5c3C(CSSC3C=CCC(CCC(C5)c5cc(O)ccc5-4)C3)C2O)c1O. The smallest absolute Gasteiger partial charge is 0.207 e. The maximum atomic E-state index is 12.4. The van der Waals surface area contributed by atoms with Crippen LogP contribution in [0.15, 0.2) is 42.5 Å². The van der Waals surface area contributed by atoms with Crippen LogP contribution in [0, 0.1) is 11.8 Å². The molecule has 0 amide bonds. The molecule has 2 heterocycles. The molecular formula is C40H48O9S2. The minimum atomic E-state index is -1.08. The molecule has 51 heavy (non-hydrogen) atoms. The van der Waals surface area contributed by atoms with Gasteiger partial charge in [0.2, 0.25) is 11.5 Å². The molecule has 0 spiro atoms. The predicted molar refractivity (Wildman–Crippen MR) is 201 cm³/mol. The highest BCUT2D eigenvalue weighted by Gasteiger charge is 2.45. The van der Waals surface area contributed by atoms with Gasteiger partial charge >= 0.3 is 0 Å². The zero-order chi connectivity index (χ0) is 35.8. The van der Waals surface area contributed by atoms with Gasteiger partial charge in [0.25, 0.3) is 0 Å². The van der Waals surface area contributed by atoms with Gasteiger partial charge in [0.05, 0.1) is 20.3 Å². The number of aromatic hydroxyl groups is 3. The summed E-state index contributed by atoms with van der Waals surface area (Å²) in [7, 11) is 4.95. The van der Waals surface area contributed by atoms with E-state index in [2.05, 4.69) is 26.0 Å². The molecule has 6 atom stereocenters. The van der Waals surface area contributed by atoms with Crippen molar-refractivity contribution in [2.24, 2.45) is 11.8 Å². The van der Waals surface area contributed by atoms with Gasteiger partial charge in [0, 0.05) is 39.7 Å². The van der Waals surface area contributed by atoms with Crippen LogP contribution in [-0.2, 0) is 6.42 Å². The Labute approximate surface area is 307 Å². The van der Waals surface area contributed by atoms with Crippen LogP contribution in [0.5, 0.6) is 40.2 Å². The van der Waals surface area contributed by atoms with Crippen molar-refractivity contribution in [1.29, 1.82) is 0 Å². The highest BCUT2D eigenvalue weighted by Crippen LogP contribution is 2.58. The summed E-state index contributed by atoms with van der Waals surface area (Å²) in [5, 5.41) is 55.7. The maximum Gasteiger partial charge on any atom is 0.207 e. The molecule has 2 aliphatic carbocycles. The highest BCUT2D eigenvalue weighted by molar-refractivity contribution is 8.77. The summed E-state index contributed by atoms with van der Waals surface area (Å²) in [5.41, 5.74) is 5.16. The van der Waals surface area contributed by atoms with Crippen molar-refractivity contribution in [2.45, 2.75) is 81.7 Å². The Balaban J connectivity index is 1.39. The molecular weight excluding hydrogens is 689 g/mol. The van der Waals surface area contributed by atoms with E-state index in [0.29, 0.717) is 47.4 Å². The summed E-state index contributed by atoms with van der Waals surface area (Å²) in [6.07, 6.45) is 8.12. The Morgan fingerprint density at radius 3 is 2.59 bits per heavy atom. The minimum Gasteiger partial charge on any atom is -0.508 e. The topological polar surface area (TPSA) is 138 Å². The van der Waals surface area contributed by atoms with Crippen LogP contribution in [0.4, 0.5) is 0 Å². The van der Waals surface area contributed by atoms with E-state index in [4.69, 9.17) is 18.9 Å². The van der Waals surface area contributed by atoms with Crippen LogP contribution in [0.2, 0.25) is 0 Å². The molecule has 0 aromatic heterocycles. The Kier molecular flexibility index (Phi) is 10.8. The van der Waals surface area contributed by atoms with Gasteiger partial charge in [-0.3, -0.25) is 0 Å². The number of allylic oxidation sites excluding steroid dienone is 1. The lowest BCUT2D eigenvalue weighted by atomic mass is 9.71. The van der Waals surface area contributed by atoms with E-state index >= 15 is 0 Å². The second-order valence-corrected chi connectivity index (χ2v) is 17.2. The first-order valence-corrected chi connectivity index (χ1v) is 20.4. The van der Waals surface area contributed by atoms with Crippen molar-refractivity contribution in [3.05, 3.63) is 64.7 Å². The molecule has 0 radical (unpaired) electrons. The van der Waals surface area contributed by atoms with E-state index in [1.807, 2.05) is 29.0 Å². The van der Waals surface area contributed by atoms with Gasteiger partial charge in [0.1, 0.15) is 30.0 Å². The maximum absolute atomic E-state index is 12.4.